The summed E-state index contributed by atoms with van der Waals surface area (Å²) in [6.07, 6.45) is 0. The van der Waals surface area contributed by atoms with E-state index in [1.54, 1.807) is 0 Å². The molecule has 0 unspecified atom stereocenters. The molecule has 1 fully saturated rings. The molecule has 1 saturated heterocycles. The van der Waals surface area contributed by atoms with Gasteiger partial charge in [0.25, 0.3) is 5.91 Å². The molecule has 0 atom stereocenters. The molecule has 90 valence electrons. The van der Waals surface area contributed by atoms with E-state index in [2.05, 4.69) is 0 Å². The first-order chi connectivity index (χ1) is 7.99. The number of hydrogen-bond donors (Lipinski definition) is 1. The van der Waals surface area contributed by atoms with E-state index >= 15 is 0 Å². The Kier molecular flexibility index (Phi) is 2.79. The fourth-order valence-electron chi connectivity index (χ4n) is 1.61. The zero-order valence-corrected chi connectivity index (χ0v) is 8.69. The molecule has 0 aliphatic carbocycles. The summed E-state index contributed by atoms with van der Waals surface area (Å²) in [4.78, 5) is 23.5. The Morgan fingerprint density at radius 2 is 1.88 bits per heavy atom. The quantitative estimate of drug-likeness (QED) is 0.844. The second kappa shape index (κ2) is 4.12. The maximum Gasteiger partial charge on any atom is 0.310 e. The highest BCUT2D eigenvalue weighted by Crippen LogP contribution is 2.19. The standard InChI is InChI=1S/C11H9F2NO3/c12-8-2-1-6(3-9(8)13)10(15)14-4-7(5-14)11(16)17/h1-3,7H,4-5H2,(H,16,17). The van der Waals surface area contributed by atoms with Crippen molar-refractivity contribution < 1.29 is 23.5 Å². The van der Waals surface area contributed by atoms with Crippen molar-refractivity contribution in [1.82, 2.24) is 4.90 Å². The number of likely N-dealkylation sites (tertiary alicyclic amines) is 1. The maximum absolute atomic E-state index is 12.9. The number of hydrogen-bond acceptors (Lipinski definition) is 2. The third kappa shape index (κ3) is 2.11. The lowest BCUT2D eigenvalue weighted by Crippen LogP contribution is -2.53. The number of carboxylic acid groups (broad SMARTS) is 1. The van der Waals surface area contributed by atoms with Crippen LogP contribution in [0.15, 0.2) is 18.2 Å². The Morgan fingerprint density at radius 1 is 1.24 bits per heavy atom. The summed E-state index contributed by atoms with van der Waals surface area (Å²) in [5, 5.41) is 8.64. The maximum atomic E-state index is 12.9. The van der Waals surface area contributed by atoms with Crippen LogP contribution in [0.2, 0.25) is 0 Å². The predicted molar refractivity (Wildman–Crippen MR) is 53.4 cm³/mol. The largest absolute Gasteiger partial charge is 0.481 e. The van der Waals surface area contributed by atoms with Crippen molar-refractivity contribution in [3.05, 3.63) is 35.4 Å². The average molecular weight is 241 g/mol. The molecular formula is C11H9F2NO3. The molecule has 0 saturated carbocycles. The van der Waals surface area contributed by atoms with Gasteiger partial charge < -0.3 is 10.0 Å². The molecule has 2 rings (SSSR count). The zero-order valence-electron chi connectivity index (χ0n) is 8.69. The number of carbonyl (C=O) groups is 2. The van der Waals surface area contributed by atoms with E-state index in [0.29, 0.717) is 0 Å². The van der Waals surface area contributed by atoms with E-state index < -0.39 is 29.4 Å². The second-order valence-electron chi connectivity index (χ2n) is 3.87. The molecule has 6 heteroatoms. The smallest absolute Gasteiger partial charge is 0.310 e. The molecule has 0 spiro atoms. The molecule has 17 heavy (non-hydrogen) atoms. The molecule has 1 heterocycles. The fraction of sp³-hybridized carbons (Fsp3) is 0.273. The molecule has 1 N–H and O–H groups in total. The van der Waals surface area contributed by atoms with Gasteiger partial charge in [-0.05, 0) is 18.2 Å². The van der Waals surface area contributed by atoms with Crippen LogP contribution in [-0.2, 0) is 4.79 Å². The monoisotopic (exact) mass is 241 g/mol. The van der Waals surface area contributed by atoms with Gasteiger partial charge in [0.05, 0.1) is 5.92 Å². The Bertz CT molecular complexity index is 484. The highest BCUT2D eigenvalue weighted by atomic mass is 19.2. The van der Waals surface area contributed by atoms with Gasteiger partial charge in [0.2, 0.25) is 0 Å². The van der Waals surface area contributed by atoms with Gasteiger partial charge in [0, 0.05) is 18.7 Å². The normalized spacial score (nSPS) is 15.5. The SMILES string of the molecule is O=C(O)C1CN(C(=O)c2ccc(F)c(F)c2)C1. The van der Waals surface area contributed by atoms with Crippen molar-refractivity contribution in [2.24, 2.45) is 5.92 Å². The molecule has 0 radical (unpaired) electrons. The van der Waals surface area contributed by atoms with E-state index in [1.807, 2.05) is 0 Å². The van der Waals surface area contributed by atoms with E-state index in [4.69, 9.17) is 5.11 Å². The number of halogens is 2. The fourth-order valence-corrected chi connectivity index (χ4v) is 1.61. The topological polar surface area (TPSA) is 57.6 Å². The highest BCUT2D eigenvalue weighted by molar-refractivity contribution is 5.95. The Balaban J connectivity index is 2.06. The second-order valence-corrected chi connectivity index (χ2v) is 3.87. The molecular weight excluding hydrogens is 232 g/mol. The lowest BCUT2D eigenvalue weighted by molar-refractivity contribution is -0.146. The van der Waals surface area contributed by atoms with Gasteiger partial charge in [0.15, 0.2) is 11.6 Å². The molecule has 0 bridgehead atoms. The summed E-state index contributed by atoms with van der Waals surface area (Å²) in [7, 11) is 0. The highest BCUT2D eigenvalue weighted by Gasteiger charge is 2.36. The Hall–Kier alpha value is -1.98. The van der Waals surface area contributed by atoms with Crippen molar-refractivity contribution >= 4 is 11.9 Å². The molecule has 1 aliphatic heterocycles. The van der Waals surface area contributed by atoms with Crippen LogP contribution in [0.25, 0.3) is 0 Å². The zero-order chi connectivity index (χ0) is 12.6. The van der Waals surface area contributed by atoms with Gasteiger partial charge in [-0.1, -0.05) is 0 Å². The first-order valence-electron chi connectivity index (χ1n) is 4.96. The summed E-state index contributed by atoms with van der Waals surface area (Å²) in [5.41, 5.74) is 0.0211. The summed E-state index contributed by atoms with van der Waals surface area (Å²) < 4.78 is 25.5. The van der Waals surface area contributed by atoms with Crippen LogP contribution in [0.1, 0.15) is 10.4 Å². The minimum Gasteiger partial charge on any atom is -0.481 e. The van der Waals surface area contributed by atoms with Crippen molar-refractivity contribution in [2.45, 2.75) is 0 Å². The minimum atomic E-state index is -1.09. The first kappa shape index (κ1) is 11.5. The summed E-state index contributed by atoms with van der Waals surface area (Å²) in [5.74, 6) is -4.12. The average Bonchev–Trinajstić information content (AvgIpc) is 2.19. The lowest BCUT2D eigenvalue weighted by Gasteiger charge is -2.36. The third-order valence-electron chi connectivity index (χ3n) is 2.68. The van der Waals surface area contributed by atoms with Gasteiger partial charge in [-0.15, -0.1) is 0 Å². The minimum absolute atomic E-state index is 0.0211. The van der Waals surface area contributed by atoms with Crippen LogP contribution in [0.5, 0.6) is 0 Å². The summed E-state index contributed by atoms with van der Waals surface area (Å²) in [6.45, 7) is 0.209. The summed E-state index contributed by atoms with van der Waals surface area (Å²) in [6, 6.07) is 2.86. The van der Waals surface area contributed by atoms with Crippen molar-refractivity contribution in [1.29, 1.82) is 0 Å². The van der Waals surface area contributed by atoms with Crippen LogP contribution in [0, 0.1) is 17.6 Å². The van der Waals surface area contributed by atoms with Gasteiger partial charge in [-0.25, -0.2) is 8.78 Å². The molecule has 0 aromatic heterocycles. The number of nitrogens with zero attached hydrogens (tertiary/aromatic N) is 1. The van der Waals surface area contributed by atoms with Crippen LogP contribution in [-0.4, -0.2) is 35.0 Å². The van der Waals surface area contributed by atoms with Crippen LogP contribution in [0.4, 0.5) is 8.78 Å². The van der Waals surface area contributed by atoms with Crippen LogP contribution >= 0.6 is 0 Å². The Labute approximate surface area is 95.5 Å². The number of carboxylic acids is 1. The molecule has 1 aromatic rings. The van der Waals surface area contributed by atoms with Crippen molar-refractivity contribution in [3.63, 3.8) is 0 Å². The van der Waals surface area contributed by atoms with E-state index in [9.17, 15) is 18.4 Å². The van der Waals surface area contributed by atoms with Gasteiger partial charge in [-0.2, -0.15) is 0 Å². The lowest BCUT2D eigenvalue weighted by atomic mass is 9.99. The third-order valence-corrected chi connectivity index (χ3v) is 2.68. The first-order valence-corrected chi connectivity index (χ1v) is 4.96. The summed E-state index contributed by atoms with van der Waals surface area (Å²) >= 11 is 0. The van der Waals surface area contributed by atoms with Crippen molar-refractivity contribution in [2.75, 3.05) is 13.1 Å². The predicted octanol–water partition coefficient (Wildman–Crippen LogP) is 1.12. The van der Waals surface area contributed by atoms with Crippen molar-refractivity contribution in [3.8, 4) is 0 Å². The van der Waals surface area contributed by atoms with Gasteiger partial charge in [0.1, 0.15) is 0 Å². The van der Waals surface area contributed by atoms with E-state index in [1.165, 1.54) is 11.0 Å². The van der Waals surface area contributed by atoms with Gasteiger partial charge in [-0.3, -0.25) is 9.59 Å². The van der Waals surface area contributed by atoms with Crippen LogP contribution < -0.4 is 0 Å². The van der Waals surface area contributed by atoms with Crippen LogP contribution in [0.3, 0.4) is 0 Å². The van der Waals surface area contributed by atoms with E-state index in [0.717, 1.165) is 12.1 Å². The molecule has 1 amide bonds. The number of benzene rings is 1. The van der Waals surface area contributed by atoms with Gasteiger partial charge >= 0.3 is 5.97 Å². The number of rotatable bonds is 2. The molecule has 1 aromatic carbocycles. The Morgan fingerprint density at radius 3 is 2.41 bits per heavy atom. The molecule has 4 nitrogen and oxygen atoms in total. The molecule has 1 aliphatic rings. The number of amides is 1. The number of carbonyl (C=O) groups excluding carboxylic acids is 1. The van der Waals surface area contributed by atoms with E-state index in [-0.39, 0.29) is 18.7 Å². The number of aliphatic carboxylic acids is 1.